The van der Waals surface area contributed by atoms with Crippen molar-refractivity contribution in [2.75, 3.05) is 13.2 Å². The quantitative estimate of drug-likeness (QED) is 0.841. The van der Waals surface area contributed by atoms with Gasteiger partial charge in [-0.05, 0) is 57.9 Å². The fraction of sp³-hybridized carbons (Fsp3) is 0.625. The summed E-state index contributed by atoms with van der Waals surface area (Å²) in [6, 6.07) is 5.43. The van der Waals surface area contributed by atoms with E-state index in [1.54, 1.807) is 13.0 Å². The summed E-state index contributed by atoms with van der Waals surface area (Å²) >= 11 is 0. The molecule has 0 spiro atoms. The van der Waals surface area contributed by atoms with Crippen molar-refractivity contribution in [3.8, 4) is 0 Å². The van der Waals surface area contributed by atoms with Crippen LogP contribution < -0.4 is 5.32 Å². The predicted molar refractivity (Wildman–Crippen MR) is 77.9 cm³/mol. The molecule has 0 aliphatic heterocycles. The minimum atomic E-state index is -0.185. The standard InChI is InChI=1S/C16H26FNO/c1-6-9-18-15(11-19-16(3,4)5)13-8-7-12(2)14(17)10-13/h7-8,10,15,18H,6,9,11H2,1-5H3. The molecule has 0 fully saturated rings. The average molecular weight is 267 g/mol. The highest BCUT2D eigenvalue weighted by atomic mass is 19.1. The Hall–Kier alpha value is -0.930. The number of ether oxygens (including phenoxy) is 1. The van der Waals surface area contributed by atoms with Crippen LogP contribution in [0.5, 0.6) is 0 Å². The summed E-state index contributed by atoms with van der Waals surface area (Å²) in [5.41, 5.74) is 1.44. The van der Waals surface area contributed by atoms with Gasteiger partial charge in [-0.25, -0.2) is 4.39 Å². The van der Waals surface area contributed by atoms with E-state index in [0.29, 0.717) is 12.2 Å². The maximum absolute atomic E-state index is 13.7. The van der Waals surface area contributed by atoms with Crippen LogP contribution >= 0.6 is 0 Å². The molecule has 2 nitrogen and oxygen atoms in total. The first-order chi connectivity index (χ1) is 8.83. The van der Waals surface area contributed by atoms with Crippen LogP contribution in [0.15, 0.2) is 18.2 Å². The second-order valence-electron chi connectivity index (χ2n) is 5.94. The Morgan fingerprint density at radius 3 is 2.53 bits per heavy atom. The van der Waals surface area contributed by atoms with E-state index in [2.05, 4.69) is 12.2 Å². The Balaban J connectivity index is 2.79. The number of hydrogen-bond acceptors (Lipinski definition) is 2. The van der Waals surface area contributed by atoms with Gasteiger partial charge >= 0.3 is 0 Å². The molecule has 1 N–H and O–H groups in total. The van der Waals surface area contributed by atoms with Gasteiger partial charge in [0.05, 0.1) is 18.2 Å². The summed E-state index contributed by atoms with van der Waals surface area (Å²) in [6.07, 6.45) is 1.04. The van der Waals surface area contributed by atoms with Crippen LogP contribution in [-0.2, 0) is 4.74 Å². The second kappa shape index (κ2) is 7.01. The zero-order valence-electron chi connectivity index (χ0n) is 12.7. The van der Waals surface area contributed by atoms with Gasteiger partial charge in [-0.1, -0.05) is 19.1 Å². The topological polar surface area (TPSA) is 21.3 Å². The molecule has 0 aliphatic carbocycles. The minimum absolute atomic E-state index is 0.0364. The molecule has 0 aliphatic rings. The van der Waals surface area contributed by atoms with Crippen molar-refractivity contribution < 1.29 is 9.13 Å². The van der Waals surface area contributed by atoms with Crippen molar-refractivity contribution in [1.29, 1.82) is 0 Å². The lowest BCUT2D eigenvalue weighted by atomic mass is 10.0. The smallest absolute Gasteiger partial charge is 0.126 e. The van der Waals surface area contributed by atoms with E-state index in [0.717, 1.165) is 18.5 Å². The number of rotatable bonds is 6. The molecule has 1 atom stereocenters. The van der Waals surface area contributed by atoms with E-state index in [1.807, 2.05) is 32.9 Å². The van der Waals surface area contributed by atoms with Gasteiger partial charge in [0.15, 0.2) is 0 Å². The average Bonchev–Trinajstić information content (AvgIpc) is 2.32. The van der Waals surface area contributed by atoms with E-state index < -0.39 is 0 Å². The number of nitrogens with one attached hydrogen (secondary N) is 1. The Morgan fingerprint density at radius 1 is 1.32 bits per heavy atom. The lowest BCUT2D eigenvalue weighted by molar-refractivity contribution is -0.0148. The Labute approximate surface area is 116 Å². The number of hydrogen-bond donors (Lipinski definition) is 1. The summed E-state index contributed by atoms with van der Waals surface area (Å²) in [5, 5.41) is 3.41. The van der Waals surface area contributed by atoms with Crippen molar-refractivity contribution in [2.45, 2.75) is 52.7 Å². The van der Waals surface area contributed by atoms with E-state index in [-0.39, 0.29) is 17.5 Å². The van der Waals surface area contributed by atoms with Crippen LogP contribution in [0.3, 0.4) is 0 Å². The van der Waals surface area contributed by atoms with Gasteiger partial charge in [-0.15, -0.1) is 0 Å². The van der Waals surface area contributed by atoms with Crippen molar-refractivity contribution >= 4 is 0 Å². The largest absolute Gasteiger partial charge is 0.374 e. The highest BCUT2D eigenvalue weighted by Crippen LogP contribution is 2.19. The molecule has 1 aromatic carbocycles. The second-order valence-corrected chi connectivity index (χ2v) is 5.94. The van der Waals surface area contributed by atoms with Crippen LogP contribution in [0.1, 0.15) is 51.3 Å². The van der Waals surface area contributed by atoms with Crippen molar-refractivity contribution in [1.82, 2.24) is 5.32 Å². The molecule has 0 saturated carbocycles. The molecule has 19 heavy (non-hydrogen) atoms. The summed E-state index contributed by atoms with van der Waals surface area (Å²) in [4.78, 5) is 0. The third-order valence-corrected chi connectivity index (χ3v) is 2.92. The Bertz CT molecular complexity index is 398. The van der Waals surface area contributed by atoms with Crippen LogP contribution in [0.25, 0.3) is 0 Å². The van der Waals surface area contributed by atoms with E-state index in [4.69, 9.17) is 4.74 Å². The molecule has 0 aromatic heterocycles. The fourth-order valence-electron chi connectivity index (χ4n) is 1.75. The predicted octanol–water partition coefficient (Wildman–Crippen LogP) is 3.99. The van der Waals surface area contributed by atoms with Gasteiger partial charge in [0.2, 0.25) is 0 Å². The molecule has 0 radical (unpaired) electrons. The van der Waals surface area contributed by atoms with Gasteiger partial charge in [0, 0.05) is 0 Å². The van der Waals surface area contributed by atoms with E-state index >= 15 is 0 Å². The molecular weight excluding hydrogens is 241 g/mol. The maximum atomic E-state index is 13.7. The van der Waals surface area contributed by atoms with E-state index in [1.165, 1.54) is 0 Å². The zero-order valence-corrected chi connectivity index (χ0v) is 12.7. The molecule has 0 saturated heterocycles. The number of halogens is 1. The maximum Gasteiger partial charge on any atom is 0.126 e. The normalized spacial score (nSPS) is 13.6. The van der Waals surface area contributed by atoms with Crippen molar-refractivity contribution in [3.05, 3.63) is 35.1 Å². The van der Waals surface area contributed by atoms with Gasteiger partial charge < -0.3 is 10.1 Å². The van der Waals surface area contributed by atoms with Crippen LogP contribution in [0.2, 0.25) is 0 Å². The first kappa shape index (κ1) is 16.1. The molecule has 0 heterocycles. The van der Waals surface area contributed by atoms with Gasteiger partial charge in [-0.2, -0.15) is 0 Å². The van der Waals surface area contributed by atoms with Crippen LogP contribution in [0, 0.1) is 12.7 Å². The monoisotopic (exact) mass is 267 g/mol. The zero-order chi connectivity index (χ0) is 14.5. The molecule has 108 valence electrons. The number of benzene rings is 1. The van der Waals surface area contributed by atoms with Crippen molar-refractivity contribution in [3.63, 3.8) is 0 Å². The molecule has 1 aromatic rings. The summed E-state index contributed by atoms with van der Waals surface area (Å²) in [5.74, 6) is -0.156. The minimum Gasteiger partial charge on any atom is -0.374 e. The SMILES string of the molecule is CCCNC(COC(C)(C)C)c1ccc(C)c(F)c1. The molecule has 0 bridgehead atoms. The third kappa shape index (κ3) is 5.70. The molecule has 1 rings (SSSR count). The lowest BCUT2D eigenvalue weighted by Crippen LogP contribution is -2.30. The first-order valence-corrected chi connectivity index (χ1v) is 6.97. The van der Waals surface area contributed by atoms with Crippen LogP contribution in [-0.4, -0.2) is 18.8 Å². The number of aryl methyl sites for hydroxylation is 1. The fourth-order valence-corrected chi connectivity index (χ4v) is 1.75. The molecule has 0 amide bonds. The molecular formula is C16H26FNO. The Morgan fingerprint density at radius 2 is 2.00 bits per heavy atom. The van der Waals surface area contributed by atoms with Gasteiger partial charge in [0.1, 0.15) is 5.82 Å². The molecule has 1 unspecified atom stereocenters. The molecule has 3 heteroatoms. The highest BCUT2D eigenvalue weighted by Gasteiger charge is 2.17. The lowest BCUT2D eigenvalue weighted by Gasteiger charge is -2.25. The summed E-state index contributed by atoms with van der Waals surface area (Å²) < 4.78 is 19.5. The summed E-state index contributed by atoms with van der Waals surface area (Å²) in [7, 11) is 0. The Kier molecular flexibility index (Phi) is 5.95. The third-order valence-electron chi connectivity index (χ3n) is 2.92. The van der Waals surface area contributed by atoms with E-state index in [9.17, 15) is 4.39 Å². The highest BCUT2D eigenvalue weighted by molar-refractivity contribution is 5.26. The van der Waals surface area contributed by atoms with Gasteiger partial charge in [0.25, 0.3) is 0 Å². The first-order valence-electron chi connectivity index (χ1n) is 6.97. The van der Waals surface area contributed by atoms with Crippen LogP contribution in [0.4, 0.5) is 4.39 Å². The van der Waals surface area contributed by atoms with Gasteiger partial charge in [-0.3, -0.25) is 0 Å². The summed E-state index contributed by atoms with van der Waals surface area (Å²) in [6.45, 7) is 11.4. The van der Waals surface area contributed by atoms with Crippen molar-refractivity contribution in [2.24, 2.45) is 0 Å².